The number of hydrogen-bond acceptors (Lipinski definition) is 3. The highest BCUT2D eigenvalue weighted by Gasteiger charge is 2.16. The predicted molar refractivity (Wildman–Crippen MR) is 130 cm³/mol. The van der Waals surface area contributed by atoms with Crippen molar-refractivity contribution in [1.29, 1.82) is 0 Å². The van der Waals surface area contributed by atoms with Gasteiger partial charge < -0.3 is 10.1 Å². The molecule has 1 N–H and O–H groups in total. The lowest BCUT2D eigenvalue weighted by atomic mass is 9.94. The summed E-state index contributed by atoms with van der Waals surface area (Å²) in [7, 11) is 0. The summed E-state index contributed by atoms with van der Waals surface area (Å²) in [6.07, 6.45) is 0.773. The standard InChI is InChI=1S/C28H23NO3/c1-3-17(2)27(30)29-22-13-9-21(10-14-22)28(31)32-24-16-12-20-8-7-18-5-4-6-19-11-15-23(24)26(20)25(18)19/h4-17H,3H2,1-2H3,(H,29,30). The largest absolute Gasteiger partial charge is 0.422 e. The average Bonchev–Trinajstić information content (AvgIpc) is 2.83. The first-order chi connectivity index (χ1) is 15.5. The Morgan fingerprint density at radius 3 is 2.12 bits per heavy atom. The molecular weight excluding hydrogens is 398 g/mol. The van der Waals surface area contributed by atoms with E-state index in [0.29, 0.717) is 17.0 Å². The van der Waals surface area contributed by atoms with Gasteiger partial charge in [-0.25, -0.2) is 4.79 Å². The van der Waals surface area contributed by atoms with Gasteiger partial charge in [-0.2, -0.15) is 0 Å². The van der Waals surface area contributed by atoms with Crippen LogP contribution >= 0.6 is 0 Å². The van der Waals surface area contributed by atoms with Gasteiger partial charge in [-0.3, -0.25) is 4.79 Å². The molecule has 0 saturated carbocycles. The van der Waals surface area contributed by atoms with Crippen LogP contribution in [-0.2, 0) is 4.79 Å². The van der Waals surface area contributed by atoms with E-state index in [-0.39, 0.29) is 11.8 Å². The SMILES string of the molecule is CCC(C)C(=O)Nc1ccc(C(=O)Oc2ccc3ccc4cccc5ccc2c3c45)cc1. The van der Waals surface area contributed by atoms with Crippen LogP contribution in [0.1, 0.15) is 30.6 Å². The highest BCUT2D eigenvalue weighted by molar-refractivity contribution is 6.24. The van der Waals surface area contributed by atoms with Crippen LogP contribution in [0.2, 0.25) is 0 Å². The van der Waals surface area contributed by atoms with E-state index < -0.39 is 5.97 Å². The molecule has 0 saturated heterocycles. The van der Waals surface area contributed by atoms with Gasteiger partial charge in [0.1, 0.15) is 5.75 Å². The minimum absolute atomic E-state index is 0.0310. The van der Waals surface area contributed by atoms with Crippen molar-refractivity contribution in [3.05, 3.63) is 84.4 Å². The minimum atomic E-state index is -0.431. The van der Waals surface area contributed by atoms with Crippen LogP contribution in [-0.4, -0.2) is 11.9 Å². The Morgan fingerprint density at radius 1 is 0.812 bits per heavy atom. The second-order valence-corrected chi connectivity index (χ2v) is 8.19. The van der Waals surface area contributed by atoms with E-state index >= 15 is 0 Å². The van der Waals surface area contributed by atoms with Crippen molar-refractivity contribution in [2.75, 3.05) is 5.32 Å². The molecule has 5 aromatic rings. The molecule has 0 spiro atoms. The summed E-state index contributed by atoms with van der Waals surface area (Å²) < 4.78 is 5.81. The number of rotatable bonds is 5. The maximum atomic E-state index is 12.9. The molecule has 158 valence electrons. The summed E-state index contributed by atoms with van der Waals surface area (Å²) in [5, 5.41) is 9.52. The molecule has 0 aliphatic carbocycles. The number of esters is 1. The van der Waals surface area contributed by atoms with Crippen LogP contribution in [0.4, 0.5) is 5.69 Å². The average molecular weight is 421 g/mol. The lowest BCUT2D eigenvalue weighted by Crippen LogP contribution is -2.19. The monoisotopic (exact) mass is 421 g/mol. The summed E-state index contributed by atoms with van der Waals surface area (Å²) in [5.74, 6) is 0.0142. The van der Waals surface area contributed by atoms with Gasteiger partial charge in [-0.15, -0.1) is 0 Å². The number of nitrogens with one attached hydrogen (secondary N) is 1. The molecule has 1 amide bonds. The normalized spacial score (nSPS) is 12.3. The van der Waals surface area contributed by atoms with Crippen molar-refractivity contribution in [3.8, 4) is 5.75 Å². The van der Waals surface area contributed by atoms with Crippen molar-refractivity contribution >= 4 is 49.9 Å². The molecule has 5 aromatic carbocycles. The van der Waals surface area contributed by atoms with Crippen LogP contribution in [0.15, 0.2) is 78.9 Å². The third-order valence-corrected chi connectivity index (χ3v) is 6.14. The van der Waals surface area contributed by atoms with Crippen LogP contribution in [0, 0.1) is 5.92 Å². The van der Waals surface area contributed by atoms with E-state index in [0.717, 1.165) is 22.6 Å². The topological polar surface area (TPSA) is 55.4 Å². The Bertz CT molecular complexity index is 1440. The van der Waals surface area contributed by atoms with E-state index in [1.54, 1.807) is 24.3 Å². The second kappa shape index (κ2) is 7.97. The molecule has 4 nitrogen and oxygen atoms in total. The molecule has 4 heteroatoms. The fourth-order valence-electron chi connectivity index (χ4n) is 4.10. The Morgan fingerprint density at radius 2 is 1.44 bits per heavy atom. The highest BCUT2D eigenvalue weighted by Crippen LogP contribution is 2.38. The lowest BCUT2D eigenvalue weighted by Gasteiger charge is -2.14. The molecule has 0 aromatic heterocycles. The Kier molecular flexibility index (Phi) is 4.98. The maximum absolute atomic E-state index is 12.9. The summed E-state index contributed by atoms with van der Waals surface area (Å²) in [5.41, 5.74) is 1.09. The molecular formula is C28H23NO3. The third-order valence-electron chi connectivity index (χ3n) is 6.14. The molecule has 1 atom stereocenters. The third kappa shape index (κ3) is 3.44. The maximum Gasteiger partial charge on any atom is 0.343 e. The van der Waals surface area contributed by atoms with Crippen molar-refractivity contribution in [1.82, 2.24) is 0 Å². The fraction of sp³-hybridized carbons (Fsp3) is 0.143. The summed E-state index contributed by atoms with van der Waals surface area (Å²) in [6.45, 7) is 3.86. The van der Waals surface area contributed by atoms with E-state index in [1.165, 1.54) is 16.2 Å². The zero-order valence-electron chi connectivity index (χ0n) is 18.0. The summed E-state index contributed by atoms with van der Waals surface area (Å²) >= 11 is 0. The van der Waals surface area contributed by atoms with Crippen LogP contribution in [0.3, 0.4) is 0 Å². The van der Waals surface area contributed by atoms with Crippen molar-refractivity contribution < 1.29 is 14.3 Å². The van der Waals surface area contributed by atoms with Crippen LogP contribution in [0.5, 0.6) is 5.75 Å². The highest BCUT2D eigenvalue weighted by atomic mass is 16.5. The Balaban J connectivity index is 1.44. The van der Waals surface area contributed by atoms with Gasteiger partial charge in [0.15, 0.2) is 0 Å². The minimum Gasteiger partial charge on any atom is -0.422 e. The van der Waals surface area contributed by atoms with Crippen molar-refractivity contribution in [3.63, 3.8) is 0 Å². The molecule has 0 aliphatic heterocycles. The quantitative estimate of drug-likeness (QED) is 0.193. The molecule has 0 heterocycles. The molecule has 0 fully saturated rings. The van der Waals surface area contributed by atoms with Gasteiger partial charge in [-0.05, 0) is 64.4 Å². The first-order valence-electron chi connectivity index (χ1n) is 10.8. The van der Waals surface area contributed by atoms with Gasteiger partial charge in [0.2, 0.25) is 5.91 Å². The molecule has 0 aliphatic rings. The zero-order valence-corrected chi connectivity index (χ0v) is 18.0. The number of carbonyl (C=O) groups excluding carboxylic acids is 2. The Hall–Kier alpha value is -3.92. The first kappa shape index (κ1) is 20.0. The number of amides is 1. The zero-order chi connectivity index (χ0) is 22.2. The lowest BCUT2D eigenvalue weighted by molar-refractivity contribution is -0.119. The molecule has 0 bridgehead atoms. The van der Waals surface area contributed by atoms with Gasteiger partial charge in [-0.1, -0.05) is 56.3 Å². The summed E-state index contributed by atoms with van der Waals surface area (Å²) in [4.78, 5) is 24.9. The number of benzene rings is 5. The second-order valence-electron chi connectivity index (χ2n) is 8.19. The van der Waals surface area contributed by atoms with Crippen molar-refractivity contribution in [2.24, 2.45) is 5.92 Å². The van der Waals surface area contributed by atoms with Crippen LogP contribution < -0.4 is 10.1 Å². The molecule has 0 radical (unpaired) electrons. The van der Waals surface area contributed by atoms with Gasteiger partial charge in [0.05, 0.1) is 5.56 Å². The smallest absolute Gasteiger partial charge is 0.343 e. The fourth-order valence-corrected chi connectivity index (χ4v) is 4.10. The predicted octanol–water partition coefficient (Wildman–Crippen LogP) is 6.79. The summed E-state index contributed by atoms with van der Waals surface area (Å²) in [6, 6.07) is 25.2. The van der Waals surface area contributed by atoms with Crippen LogP contribution in [0.25, 0.3) is 32.3 Å². The van der Waals surface area contributed by atoms with E-state index in [4.69, 9.17) is 4.74 Å². The van der Waals surface area contributed by atoms with Gasteiger partial charge in [0, 0.05) is 22.4 Å². The van der Waals surface area contributed by atoms with E-state index in [9.17, 15) is 9.59 Å². The van der Waals surface area contributed by atoms with Crippen molar-refractivity contribution in [2.45, 2.75) is 20.3 Å². The number of anilines is 1. The molecule has 32 heavy (non-hydrogen) atoms. The van der Waals surface area contributed by atoms with E-state index in [2.05, 4.69) is 41.7 Å². The Labute approximate surface area is 186 Å². The molecule has 1 unspecified atom stereocenters. The van der Waals surface area contributed by atoms with Gasteiger partial charge >= 0.3 is 5.97 Å². The molecule has 5 rings (SSSR count). The number of ether oxygens (including phenoxy) is 1. The number of carbonyl (C=O) groups is 2. The first-order valence-corrected chi connectivity index (χ1v) is 10.8. The van der Waals surface area contributed by atoms with E-state index in [1.807, 2.05) is 32.0 Å². The number of hydrogen-bond donors (Lipinski definition) is 1. The van der Waals surface area contributed by atoms with Gasteiger partial charge in [0.25, 0.3) is 0 Å².